The second-order valence-corrected chi connectivity index (χ2v) is 5.57. The van der Waals surface area contributed by atoms with Crippen LogP contribution in [0.3, 0.4) is 0 Å². The van der Waals surface area contributed by atoms with Gasteiger partial charge in [0, 0.05) is 12.1 Å². The van der Waals surface area contributed by atoms with Crippen LogP contribution >= 0.6 is 0 Å². The van der Waals surface area contributed by atoms with E-state index < -0.39 is 0 Å². The molecule has 1 fully saturated rings. The van der Waals surface area contributed by atoms with Crippen LogP contribution in [0.25, 0.3) is 10.8 Å². The molecule has 2 atom stereocenters. The van der Waals surface area contributed by atoms with Crippen molar-refractivity contribution in [3.63, 3.8) is 0 Å². The van der Waals surface area contributed by atoms with Crippen LogP contribution in [0, 0.1) is 5.92 Å². The second-order valence-electron chi connectivity index (χ2n) is 5.57. The van der Waals surface area contributed by atoms with E-state index in [2.05, 4.69) is 5.32 Å². The largest absolute Gasteiger partial charge is 0.393 e. The quantitative estimate of drug-likeness (QED) is 0.900. The normalized spacial score (nSPS) is 22.1. The van der Waals surface area contributed by atoms with Crippen molar-refractivity contribution in [2.75, 3.05) is 6.54 Å². The van der Waals surface area contributed by atoms with Crippen LogP contribution in [0.15, 0.2) is 42.5 Å². The van der Waals surface area contributed by atoms with Gasteiger partial charge in [-0.25, -0.2) is 0 Å². The van der Waals surface area contributed by atoms with Crippen molar-refractivity contribution in [2.24, 2.45) is 5.92 Å². The lowest BCUT2D eigenvalue weighted by Crippen LogP contribution is -2.28. The zero-order valence-electron chi connectivity index (χ0n) is 11.4. The molecule has 104 valence electrons. The molecule has 1 amide bonds. The van der Waals surface area contributed by atoms with Gasteiger partial charge in [-0.05, 0) is 42.0 Å². The molecule has 0 spiro atoms. The smallest absolute Gasteiger partial charge is 0.251 e. The lowest BCUT2D eigenvalue weighted by Gasteiger charge is -2.12. The number of rotatable bonds is 3. The van der Waals surface area contributed by atoms with Crippen LogP contribution in [0.5, 0.6) is 0 Å². The molecule has 2 unspecified atom stereocenters. The number of carbonyl (C=O) groups is 1. The van der Waals surface area contributed by atoms with Gasteiger partial charge in [-0.3, -0.25) is 4.79 Å². The molecule has 0 heterocycles. The van der Waals surface area contributed by atoms with Gasteiger partial charge in [-0.1, -0.05) is 36.4 Å². The molecule has 1 aliphatic rings. The number of nitrogens with one attached hydrogen (secondary N) is 1. The highest BCUT2D eigenvalue weighted by atomic mass is 16.3. The Kier molecular flexibility index (Phi) is 3.70. The number of hydrogen-bond acceptors (Lipinski definition) is 2. The van der Waals surface area contributed by atoms with Gasteiger partial charge in [0.2, 0.25) is 0 Å². The number of aliphatic hydroxyl groups is 1. The van der Waals surface area contributed by atoms with Crippen LogP contribution in [0.4, 0.5) is 0 Å². The van der Waals surface area contributed by atoms with E-state index >= 15 is 0 Å². The number of fused-ring (bicyclic) bond motifs is 1. The first-order valence-electron chi connectivity index (χ1n) is 7.18. The van der Waals surface area contributed by atoms with Gasteiger partial charge in [-0.2, -0.15) is 0 Å². The van der Waals surface area contributed by atoms with E-state index in [1.165, 1.54) is 0 Å². The number of amides is 1. The maximum Gasteiger partial charge on any atom is 0.251 e. The zero-order valence-corrected chi connectivity index (χ0v) is 11.4. The lowest BCUT2D eigenvalue weighted by atomic mass is 10.0. The van der Waals surface area contributed by atoms with Crippen molar-refractivity contribution in [1.29, 1.82) is 0 Å². The number of carbonyl (C=O) groups excluding carboxylic acids is 1. The third kappa shape index (κ3) is 2.68. The van der Waals surface area contributed by atoms with E-state index in [-0.39, 0.29) is 12.0 Å². The van der Waals surface area contributed by atoms with Crippen LogP contribution in [0.2, 0.25) is 0 Å². The molecule has 3 nitrogen and oxygen atoms in total. The SMILES string of the molecule is O=C(NCC1CCC(O)C1)c1cccc2ccccc12. The van der Waals surface area contributed by atoms with E-state index in [4.69, 9.17) is 0 Å². The van der Waals surface area contributed by atoms with Crippen molar-refractivity contribution in [3.05, 3.63) is 48.0 Å². The average Bonchev–Trinajstić information content (AvgIpc) is 2.90. The number of aliphatic hydroxyl groups excluding tert-OH is 1. The summed E-state index contributed by atoms with van der Waals surface area (Å²) in [6.45, 7) is 0.652. The highest BCUT2D eigenvalue weighted by molar-refractivity contribution is 6.06. The van der Waals surface area contributed by atoms with Crippen molar-refractivity contribution >= 4 is 16.7 Å². The number of hydrogen-bond donors (Lipinski definition) is 2. The maximum absolute atomic E-state index is 12.3. The van der Waals surface area contributed by atoms with E-state index in [0.717, 1.165) is 35.6 Å². The summed E-state index contributed by atoms with van der Waals surface area (Å²) in [5, 5.41) is 14.6. The van der Waals surface area contributed by atoms with Crippen molar-refractivity contribution in [3.8, 4) is 0 Å². The Hall–Kier alpha value is -1.87. The number of benzene rings is 2. The summed E-state index contributed by atoms with van der Waals surface area (Å²) >= 11 is 0. The van der Waals surface area contributed by atoms with Gasteiger partial charge in [0.25, 0.3) is 5.91 Å². The molecular formula is C17H19NO2. The van der Waals surface area contributed by atoms with Gasteiger partial charge >= 0.3 is 0 Å². The standard InChI is InChI=1S/C17H19NO2/c19-14-9-8-12(10-14)11-18-17(20)16-7-3-5-13-4-1-2-6-15(13)16/h1-7,12,14,19H,8-11H2,(H,18,20). The fourth-order valence-electron chi connectivity index (χ4n) is 2.99. The van der Waals surface area contributed by atoms with E-state index in [0.29, 0.717) is 12.5 Å². The molecule has 2 aromatic carbocycles. The third-order valence-electron chi connectivity index (χ3n) is 4.10. The Bertz CT molecular complexity index is 618. The van der Waals surface area contributed by atoms with Crippen molar-refractivity contribution in [1.82, 2.24) is 5.32 Å². The predicted molar refractivity (Wildman–Crippen MR) is 79.6 cm³/mol. The first-order chi connectivity index (χ1) is 9.74. The Morgan fingerprint density at radius 3 is 2.75 bits per heavy atom. The molecule has 3 heteroatoms. The van der Waals surface area contributed by atoms with E-state index in [1.54, 1.807) is 0 Å². The third-order valence-corrected chi connectivity index (χ3v) is 4.10. The Morgan fingerprint density at radius 2 is 1.95 bits per heavy atom. The molecular weight excluding hydrogens is 250 g/mol. The molecule has 1 aliphatic carbocycles. The first-order valence-corrected chi connectivity index (χ1v) is 7.18. The highest BCUT2D eigenvalue weighted by Gasteiger charge is 2.23. The van der Waals surface area contributed by atoms with Crippen molar-refractivity contribution < 1.29 is 9.90 Å². The molecule has 0 bridgehead atoms. The molecule has 3 rings (SSSR count). The summed E-state index contributed by atoms with van der Waals surface area (Å²) in [7, 11) is 0. The van der Waals surface area contributed by atoms with Gasteiger partial charge < -0.3 is 10.4 Å². The fourth-order valence-corrected chi connectivity index (χ4v) is 2.99. The van der Waals surface area contributed by atoms with Gasteiger partial charge in [0.1, 0.15) is 0 Å². The first kappa shape index (κ1) is 13.1. The summed E-state index contributed by atoms with van der Waals surface area (Å²) in [6.07, 6.45) is 2.47. The molecule has 0 aromatic heterocycles. The summed E-state index contributed by atoms with van der Waals surface area (Å²) < 4.78 is 0. The van der Waals surface area contributed by atoms with Crippen LogP contribution in [-0.2, 0) is 0 Å². The summed E-state index contributed by atoms with van der Waals surface area (Å²) in [4.78, 5) is 12.3. The Balaban J connectivity index is 1.72. The zero-order chi connectivity index (χ0) is 13.9. The van der Waals surface area contributed by atoms with Gasteiger partial charge in [-0.15, -0.1) is 0 Å². The second kappa shape index (κ2) is 5.63. The van der Waals surface area contributed by atoms with E-state index in [1.807, 2.05) is 42.5 Å². The fraction of sp³-hybridized carbons (Fsp3) is 0.353. The predicted octanol–water partition coefficient (Wildman–Crippen LogP) is 2.73. The molecule has 0 radical (unpaired) electrons. The van der Waals surface area contributed by atoms with Crippen LogP contribution < -0.4 is 5.32 Å². The summed E-state index contributed by atoms with van der Waals surface area (Å²) in [5.74, 6) is 0.382. The molecule has 0 aliphatic heterocycles. The molecule has 2 aromatic rings. The average molecular weight is 269 g/mol. The molecule has 1 saturated carbocycles. The summed E-state index contributed by atoms with van der Waals surface area (Å²) in [6, 6.07) is 13.7. The summed E-state index contributed by atoms with van der Waals surface area (Å²) in [5.41, 5.74) is 0.724. The van der Waals surface area contributed by atoms with Crippen molar-refractivity contribution in [2.45, 2.75) is 25.4 Å². The molecule has 20 heavy (non-hydrogen) atoms. The minimum absolute atomic E-state index is 0.0248. The Morgan fingerprint density at radius 1 is 1.15 bits per heavy atom. The Labute approximate surface area is 118 Å². The maximum atomic E-state index is 12.3. The monoisotopic (exact) mass is 269 g/mol. The minimum atomic E-state index is -0.186. The van der Waals surface area contributed by atoms with E-state index in [9.17, 15) is 9.90 Å². The van der Waals surface area contributed by atoms with Crippen LogP contribution in [0.1, 0.15) is 29.6 Å². The minimum Gasteiger partial charge on any atom is -0.393 e. The highest BCUT2D eigenvalue weighted by Crippen LogP contribution is 2.25. The lowest BCUT2D eigenvalue weighted by molar-refractivity contribution is 0.0946. The molecule has 0 saturated heterocycles. The topological polar surface area (TPSA) is 49.3 Å². The molecule has 2 N–H and O–H groups in total. The van der Waals surface area contributed by atoms with Crippen LogP contribution in [-0.4, -0.2) is 23.7 Å². The van der Waals surface area contributed by atoms with Gasteiger partial charge in [0.05, 0.1) is 6.10 Å². The van der Waals surface area contributed by atoms with Gasteiger partial charge in [0.15, 0.2) is 0 Å².